The minimum Gasteiger partial charge on any atom is -0.493 e. The van der Waals surface area contributed by atoms with Crippen LogP contribution in [0, 0.1) is 11.8 Å². The number of benzene rings is 2. The maximum atomic E-state index is 11.3. The second-order valence-electron chi connectivity index (χ2n) is 7.77. The van der Waals surface area contributed by atoms with Gasteiger partial charge in [0.15, 0.2) is 23.0 Å². The first-order valence-corrected chi connectivity index (χ1v) is 9.97. The predicted octanol–water partition coefficient (Wildman–Crippen LogP) is 3.98. The second kappa shape index (κ2) is 7.80. The van der Waals surface area contributed by atoms with Crippen LogP contribution < -0.4 is 28.4 Å². The zero-order valence-electron chi connectivity index (χ0n) is 18.2. The van der Waals surface area contributed by atoms with Gasteiger partial charge in [-0.25, -0.2) is 0 Å². The summed E-state index contributed by atoms with van der Waals surface area (Å²) in [6.07, 6.45) is 0.00533. The lowest BCUT2D eigenvalue weighted by Crippen LogP contribution is -2.22. The Kier molecular flexibility index (Phi) is 5.32. The SMILES string of the molecule is COc1cc2c(c(OC)c1OC)-c1c(cc3c(c1OC)OCO3)[C@H](O)[C@H](C)[C@@H](C)C2. The van der Waals surface area contributed by atoms with E-state index in [1.165, 1.54) is 0 Å². The molecule has 2 aromatic rings. The van der Waals surface area contributed by atoms with Gasteiger partial charge in [-0.3, -0.25) is 0 Å². The first-order valence-electron chi connectivity index (χ1n) is 9.97. The lowest BCUT2D eigenvalue weighted by atomic mass is 9.76. The monoisotopic (exact) mass is 416 g/mol. The van der Waals surface area contributed by atoms with E-state index in [-0.39, 0.29) is 18.6 Å². The molecule has 1 aliphatic carbocycles. The van der Waals surface area contributed by atoms with Crippen molar-refractivity contribution in [2.75, 3.05) is 35.2 Å². The van der Waals surface area contributed by atoms with Crippen molar-refractivity contribution < 1.29 is 33.5 Å². The van der Waals surface area contributed by atoms with E-state index in [2.05, 4.69) is 13.8 Å². The van der Waals surface area contributed by atoms with Crippen LogP contribution in [0.15, 0.2) is 12.1 Å². The van der Waals surface area contributed by atoms with E-state index in [4.69, 9.17) is 28.4 Å². The van der Waals surface area contributed by atoms with Gasteiger partial charge >= 0.3 is 0 Å². The minimum absolute atomic E-state index is 0.000990. The Bertz CT molecular complexity index is 969. The van der Waals surface area contributed by atoms with Crippen molar-refractivity contribution in [1.82, 2.24) is 0 Å². The van der Waals surface area contributed by atoms with Crippen molar-refractivity contribution in [3.05, 3.63) is 23.3 Å². The van der Waals surface area contributed by atoms with E-state index in [1.54, 1.807) is 28.4 Å². The molecule has 0 unspecified atom stereocenters. The van der Waals surface area contributed by atoms with Crippen molar-refractivity contribution in [2.45, 2.75) is 26.4 Å². The van der Waals surface area contributed by atoms with Gasteiger partial charge in [-0.15, -0.1) is 0 Å². The fourth-order valence-electron chi connectivity index (χ4n) is 4.49. The molecule has 7 nitrogen and oxygen atoms in total. The molecule has 30 heavy (non-hydrogen) atoms. The number of methoxy groups -OCH3 is 4. The number of hydrogen-bond acceptors (Lipinski definition) is 7. The van der Waals surface area contributed by atoms with Gasteiger partial charge in [0.25, 0.3) is 0 Å². The van der Waals surface area contributed by atoms with Gasteiger partial charge in [0.1, 0.15) is 0 Å². The summed E-state index contributed by atoms with van der Waals surface area (Å²) in [5.74, 6) is 3.40. The average molecular weight is 416 g/mol. The average Bonchev–Trinajstić information content (AvgIpc) is 3.23. The Morgan fingerprint density at radius 3 is 2.20 bits per heavy atom. The molecule has 162 valence electrons. The van der Waals surface area contributed by atoms with Gasteiger partial charge in [0.2, 0.25) is 18.3 Å². The van der Waals surface area contributed by atoms with Crippen LogP contribution in [-0.4, -0.2) is 40.3 Å². The van der Waals surface area contributed by atoms with E-state index in [1.807, 2.05) is 12.1 Å². The highest BCUT2D eigenvalue weighted by atomic mass is 16.7. The van der Waals surface area contributed by atoms with Gasteiger partial charge in [0, 0.05) is 11.1 Å². The lowest BCUT2D eigenvalue weighted by molar-refractivity contribution is 0.0864. The summed E-state index contributed by atoms with van der Waals surface area (Å²) in [5, 5.41) is 11.3. The van der Waals surface area contributed by atoms with E-state index in [0.717, 1.165) is 23.1 Å². The quantitative estimate of drug-likeness (QED) is 0.808. The Labute approximate surface area is 176 Å². The highest BCUT2D eigenvalue weighted by molar-refractivity contribution is 5.88. The summed E-state index contributed by atoms with van der Waals surface area (Å²) < 4.78 is 34.2. The fraction of sp³-hybridized carbons (Fsp3) is 0.478. The Morgan fingerprint density at radius 1 is 0.867 bits per heavy atom. The number of rotatable bonds is 4. The molecule has 1 heterocycles. The van der Waals surface area contributed by atoms with Crippen molar-refractivity contribution in [2.24, 2.45) is 11.8 Å². The highest BCUT2D eigenvalue weighted by Crippen LogP contribution is 2.58. The van der Waals surface area contributed by atoms with E-state index < -0.39 is 6.10 Å². The normalized spacial score (nSPS) is 21.8. The standard InChI is InChI=1S/C23H28O7/c1-11-7-13-8-15(25-3)20(26-4)22(27-5)17(13)18-14(19(24)12(11)2)9-16-21(23(18)28-6)30-10-29-16/h8-9,11-12,19,24H,7,10H2,1-6H3/t11-,12+,19+/m0/s1. The molecule has 2 aliphatic rings. The van der Waals surface area contributed by atoms with Gasteiger partial charge in [-0.1, -0.05) is 13.8 Å². The smallest absolute Gasteiger partial charge is 0.231 e. The molecule has 0 saturated carbocycles. The van der Waals surface area contributed by atoms with Crippen LogP contribution >= 0.6 is 0 Å². The summed E-state index contributed by atoms with van der Waals surface area (Å²) in [7, 11) is 6.36. The maximum Gasteiger partial charge on any atom is 0.231 e. The molecule has 1 N–H and O–H groups in total. The van der Waals surface area contributed by atoms with Crippen molar-refractivity contribution in [3.8, 4) is 45.6 Å². The summed E-state index contributed by atoms with van der Waals surface area (Å²) in [4.78, 5) is 0. The van der Waals surface area contributed by atoms with Crippen LogP contribution in [0.4, 0.5) is 0 Å². The molecule has 1 aliphatic heterocycles. The Balaban J connectivity index is 2.16. The van der Waals surface area contributed by atoms with Crippen LogP contribution in [0.2, 0.25) is 0 Å². The van der Waals surface area contributed by atoms with Crippen LogP contribution in [0.1, 0.15) is 31.1 Å². The van der Waals surface area contributed by atoms with Crippen LogP contribution in [0.3, 0.4) is 0 Å². The second-order valence-corrected chi connectivity index (χ2v) is 7.77. The summed E-state index contributed by atoms with van der Waals surface area (Å²) in [6, 6.07) is 3.82. The predicted molar refractivity (Wildman–Crippen MR) is 111 cm³/mol. The fourth-order valence-corrected chi connectivity index (χ4v) is 4.49. The van der Waals surface area contributed by atoms with Crippen molar-refractivity contribution in [1.29, 1.82) is 0 Å². The van der Waals surface area contributed by atoms with E-state index in [0.29, 0.717) is 40.1 Å². The van der Waals surface area contributed by atoms with Gasteiger partial charge in [0.05, 0.1) is 34.5 Å². The minimum atomic E-state index is -0.718. The molecule has 0 bridgehead atoms. The first kappa shape index (κ1) is 20.5. The molecule has 0 saturated heterocycles. The molecule has 0 radical (unpaired) electrons. The lowest BCUT2D eigenvalue weighted by Gasteiger charge is -2.33. The van der Waals surface area contributed by atoms with E-state index in [9.17, 15) is 5.11 Å². The number of hydrogen-bond donors (Lipinski definition) is 1. The molecule has 4 rings (SSSR count). The first-order chi connectivity index (χ1) is 14.5. The van der Waals surface area contributed by atoms with Gasteiger partial charge in [-0.05, 0) is 41.5 Å². The summed E-state index contributed by atoms with van der Waals surface area (Å²) in [6.45, 7) is 4.29. The molecular weight excluding hydrogens is 388 g/mol. The largest absolute Gasteiger partial charge is 0.493 e. The zero-order chi connectivity index (χ0) is 21.6. The van der Waals surface area contributed by atoms with Crippen LogP contribution in [0.25, 0.3) is 11.1 Å². The van der Waals surface area contributed by atoms with Crippen LogP contribution in [-0.2, 0) is 6.42 Å². The molecule has 2 aromatic carbocycles. The van der Waals surface area contributed by atoms with Crippen molar-refractivity contribution >= 4 is 0 Å². The van der Waals surface area contributed by atoms with Gasteiger partial charge < -0.3 is 33.5 Å². The molecule has 0 fully saturated rings. The Hall–Kier alpha value is -2.80. The molecule has 0 amide bonds. The summed E-state index contributed by atoms with van der Waals surface area (Å²) in [5.41, 5.74) is 3.26. The maximum absolute atomic E-state index is 11.3. The highest BCUT2D eigenvalue weighted by Gasteiger charge is 2.37. The molecule has 7 heteroatoms. The topological polar surface area (TPSA) is 75.6 Å². The number of aliphatic hydroxyl groups is 1. The summed E-state index contributed by atoms with van der Waals surface area (Å²) >= 11 is 0. The van der Waals surface area contributed by atoms with E-state index >= 15 is 0 Å². The van der Waals surface area contributed by atoms with Gasteiger partial charge in [-0.2, -0.15) is 0 Å². The molecule has 0 aromatic heterocycles. The molecule has 0 spiro atoms. The Morgan fingerprint density at radius 2 is 1.57 bits per heavy atom. The van der Waals surface area contributed by atoms with Crippen molar-refractivity contribution in [3.63, 3.8) is 0 Å². The third-order valence-corrected chi connectivity index (χ3v) is 6.27. The molecular formula is C23H28O7. The number of aliphatic hydroxyl groups excluding tert-OH is 1. The molecule has 3 atom stereocenters. The zero-order valence-corrected chi connectivity index (χ0v) is 18.2. The number of fused-ring (bicyclic) bond motifs is 4. The number of ether oxygens (including phenoxy) is 6. The third kappa shape index (κ3) is 2.91. The third-order valence-electron chi connectivity index (χ3n) is 6.27. The van der Waals surface area contributed by atoms with Crippen LogP contribution in [0.5, 0.6) is 34.5 Å².